The van der Waals surface area contributed by atoms with Crippen molar-refractivity contribution in [3.05, 3.63) is 36.0 Å². The maximum absolute atomic E-state index is 12.7. The molecular weight excluding hydrogens is 250 g/mol. The normalized spacial score (nSPS) is 16.8. The number of aromatic nitrogens is 1. The van der Waals surface area contributed by atoms with Crippen molar-refractivity contribution in [3.8, 4) is 0 Å². The molecule has 2 aromatic rings. The summed E-state index contributed by atoms with van der Waals surface area (Å²) >= 11 is 0. The summed E-state index contributed by atoms with van der Waals surface area (Å²) in [5.74, 6) is 0.841. The van der Waals surface area contributed by atoms with E-state index in [1.165, 1.54) is 0 Å². The third-order valence-corrected chi connectivity index (χ3v) is 4.30. The lowest BCUT2D eigenvalue weighted by molar-refractivity contribution is 0.0690. The van der Waals surface area contributed by atoms with Crippen LogP contribution in [0.5, 0.6) is 0 Å². The first-order valence-corrected chi connectivity index (χ1v) is 7.35. The molecule has 1 aromatic heterocycles. The molecule has 2 heterocycles. The Kier molecular flexibility index (Phi) is 3.74. The van der Waals surface area contributed by atoms with Crippen LogP contribution in [0.1, 0.15) is 29.6 Å². The molecule has 1 amide bonds. The van der Waals surface area contributed by atoms with Gasteiger partial charge in [-0.15, -0.1) is 0 Å². The molecular formula is C16H21N3O. The highest BCUT2D eigenvalue weighted by Crippen LogP contribution is 2.24. The molecule has 0 radical (unpaired) electrons. The molecule has 0 bridgehead atoms. The van der Waals surface area contributed by atoms with E-state index in [4.69, 9.17) is 5.73 Å². The van der Waals surface area contributed by atoms with Crippen LogP contribution in [-0.4, -0.2) is 35.4 Å². The fourth-order valence-corrected chi connectivity index (χ4v) is 3.10. The average molecular weight is 271 g/mol. The quantitative estimate of drug-likeness (QED) is 0.900. The van der Waals surface area contributed by atoms with E-state index in [0.29, 0.717) is 5.92 Å². The van der Waals surface area contributed by atoms with Crippen molar-refractivity contribution < 1.29 is 4.79 Å². The van der Waals surface area contributed by atoms with Gasteiger partial charge in [-0.2, -0.15) is 0 Å². The maximum Gasteiger partial charge on any atom is 0.254 e. The van der Waals surface area contributed by atoms with Crippen molar-refractivity contribution >= 4 is 16.8 Å². The van der Waals surface area contributed by atoms with E-state index < -0.39 is 0 Å². The van der Waals surface area contributed by atoms with Gasteiger partial charge in [-0.05, 0) is 49.9 Å². The number of benzene rings is 1. The van der Waals surface area contributed by atoms with Crippen LogP contribution in [-0.2, 0) is 0 Å². The van der Waals surface area contributed by atoms with Crippen LogP contribution in [0.2, 0.25) is 0 Å². The van der Waals surface area contributed by atoms with E-state index in [1.807, 2.05) is 35.4 Å². The van der Waals surface area contributed by atoms with Crippen LogP contribution in [0, 0.1) is 5.92 Å². The number of aromatic amines is 1. The SMILES string of the molecule is NCCC1CCN(C(=O)c2cccc3[nH]ccc23)CC1. The molecule has 1 aliphatic heterocycles. The van der Waals surface area contributed by atoms with Crippen LogP contribution < -0.4 is 5.73 Å². The van der Waals surface area contributed by atoms with E-state index in [0.717, 1.165) is 55.4 Å². The number of carbonyl (C=O) groups excluding carboxylic acids is 1. The Bertz CT molecular complexity index is 597. The number of amides is 1. The summed E-state index contributed by atoms with van der Waals surface area (Å²) in [4.78, 5) is 17.8. The molecule has 0 aliphatic carbocycles. The second-order valence-electron chi connectivity index (χ2n) is 5.56. The molecule has 1 fully saturated rings. The van der Waals surface area contributed by atoms with Gasteiger partial charge in [0.2, 0.25) is 0 Å². The second-order valence-corrected chi connectivity index (χ2v) is 5.56. The minimum atomic E-state index is 0.154. The standard InChI is InChI=1S/C16H21N3O/c17-8-4-12-6-10-19(11-7-12)16(20)14-2-1-3-15-13(14)5-9-18-15/h1-3,5,9,12,18H,4,6-8,10-11,17H2. The highest BCUT2D eigenvalue weighted by Gasteiger charge is 2.24. The van der Waals surface area contributed by atoms with E-state index in [-0.39, 0.29) is 5.91 Å². The highest BCUT2D eigenvalue weighted by atomic mass is 16.2. The van der Waals surface area contributed by atoms with Crippen molar-refractivity contribution in [2.45, 2.75) is 19.3 Å². The summed E-state index contributed by atoms with van der Waals surface area (Å²) in [6.07, 6.45) is 5.11. The summed E-state index contributed by atoms with van der Waals surface area (Å²) < 4.78 is 0. The molecule has 0 spiro atoms. The van der Waals surface area contributed by atoms with Gasteiger partial charge in [0.25, 0.3) is 5.91 Å². The lowest BCUT2D eigenvalue weighted by atomic mass is 9.93. The number of rotatable bonds is 3. The second kappa shape index (κ2) is 5.67. The Hall–Kier alpha value is -1.81. The predicted octanol–water partition coefficient (Wildman–Crippen LogP) is 2.37. The Morgan fingerprint density at radius 1 is 1.30 bits per heavy atom. The number of nitrogens with two attached hydrogens (primary N) is 1. The van der Waals surface area contributed by atoms with E-state index in [9.17, 15) is 4.79 Å². The molecule has 1 aliphatic rings. The minimum absolute atomic E-state index is 0.154. The molecule has 20 heavy (non-hydrogen) atoms. The number of hydrogen-bond donors (Lipinski definition) is 2. The Morgan fingerprint density at radius 3 is 2.85 bits per heavy atom. The summed E-state index contributed by atoms with van der Waals surface area (Å²) in [5, 5.41) is 1.02. The lowest BCUT2D eigenvalue weighted by Crippen LogP contribution is -2.38. The largest absolute Gasteiger partial charge is 0.361 e. The van der Waals surface area contributed by atoms with Crippen molar-refractivity contribution in [2.24, 2.45) is 11.7 Å². The van der Waals surface area contributed by atoms with Gasteiger partial charge < -0.3 is 15.6 Å². The first-order valence-electron chi connectivity index (χ1n) is 7.35. The van der Waals surface area contributed by atoms with E-state index in [2.05, 4.69) is 4.98 Å². The number of carbonyl (C=O) groups is 1. The Balaban J connectivity index is 1.75. The first kappa shape index (κ1) is 13.2. The molecule has 1 aromatic carbocycles. The fraction of sp³-hybridized carbons (Fsp3) is 0.438. The molecule has 1 saturated heterocycles. The van der Waals surface area contributed by atoms with Crippen LogP contribution in [0.4, 0.5) is 0 Å². The van der Waals surface area contributed by atoms with Gasteiger partial charge in [0.05, 0.1) is 0 Å². The van der Waals surface area contributed by atoms with Gasteiger partial charge >= 0.3 is 0 Å². The molecule has 0 saturated carbocycles. The van der Waals surface area contributed by atoms with Gasteiger partial charge in [0, 0.05) is 35.8 Å². The number of hydrogen-bond acceptors (Lipinski definition) is 2. The molecule has 0 unspecified atom stereocenters. The maximum atomic E-state index is 12.7. The van der Waals surface area contributed by atoms with Crippen LogP contribution in [0.3, 0.4) is 0 Å². The number of nitrogens with one attached hydrogen (secondary N) is 1. The molecule has 106 valence electrons. The van der Waals surface area contributed by atoms with Crippen LogP contribution >= 0.6 is 0 Å². The van der Waals surface area contributed by atoms with Crippen molar-refractivity contribution in [1.29, 1.82) is 0 Å². The summed E-state index contributed by atoms with van der Waals surface area (Å²) in [6, 6.07) is 7.83. The van der Waals surface area contributed by atoms with Gasteiger partial charge in [0.1, 0.15) is 0 Å². The molecule has 3 N–H and O–H groups in total. The number of likely N-dealkylation sites (tertiary alicyclic amines) is 1. The summed E-state index contributed by atoms with van der Waals surface area (Å²) in [7, 11) is 0. The average Bonchev–Trinajstić information content (AvgIpc) is 2.96. The smallest absolute Gasteiger partial charge is 0.254 e. The third kappa shape index (κ3) is 2.43. The monoisotopic (exact) mass is 271 g/mol. The molecule has 3 rings (SSSR count). The zero-order valence-electron chi connectivity index (χ0n) is 11.6. The number of fused-ring (bicyclic) bond motifs is 1. The minimum Gasteiger partial charge on any atom is -0.361 e. The van der Waals surface area contributed by atoms with Gasteiger partial charge in [-0.3, -0.25) is 4.79 Å². The lowest BCUT2D eigenvalue weighted by Gasteiger charge is -2.32. The van der Waals surface area contributed by atoms with Gasteiger partial charge in [-0.1, -0.05) is 6.07 Å². The van der Waals surface area contributed by atoms with Crippen LogP contribution in [0.15, 0.2) is 30.5 Å². The van der Waals surface area contributed by atoms with E-state index >= 15 is 0 Å². The summed E-state index contributed by atoms with van der Waals surface area (Å²) in [6.45, 7) is 2.45. The first-order chi connectivity index (χ1) is 9.79. The molecule has 4 heteroatoms. The van der Waals surface area contributed by atoms with E-state index in [1.54, 1.807) is 0 Å². The predicted molar refractivity (Wildman–Crippen MR) is 80.6 cm³/mol. The van der Waals surface area contributed by atoms with Crippen molar-refractivity contribution in [1.82, 2.24) is 9.88 Å². The topological polar surface area (TPSA) is 62.1 Å². The Labute approximate surface area is 118 Å². The highest BCUT2D eigenvalue weighted by molar-refractivity contribution is 6.06. The summed E-state index contributed by atoms with van der Waals surface area (Å²) in [5.41, 5.74) is 7.44. The van der Waals surface area contributed by atoms with Crippen molar-refractivity contribution in [3.63, 3.8) is 0 Å². The fourth-order valence-electron chi connectivity index (χ4n) is 3.10. The number of nitrogens with zero attached hydrogens (tertiary/aromatic N) is 1. The number of H-pyrrole nitrogens is 1. The third-order valence-electron chi connectivity index (χ3n) is 4.30. The van der Waals surface area contributed by atoms with Crippen molar-refractivity contribution in [2.75, 3.05) is 19.6 Å². The number of piperidine rings is 1. The molecule has 4 nitrogen and oxygen atoms in total. The Morgan fingerprint density at radius 2 is 2.10 bits per heavy atom. The zero-order valence-corrected chi connectivity index (χ0v) is 11.6. The molecule has 0 atom stereocenters. The van der Waals surface area contributed by atoms with Crippen LogP contribution in [0.25, 0.3) is 10.9 Å². The van der Waals surface area contributed by atoms with Gasteiger partial charge in [0.15, 0.2) is 0 Å². The van der Waals surface area contributed by atoms with Gasteiger partial charge in [-0.25, -0.2) is 0 Å². The zero-order chi connectivity index (χ0) is 13.9.